The van der Waals surface area contributed by atoms with Crippen LogP contribution in [0.2, 0.25) is 5.02 Å². The predicted octanol–water partition coefficient (Wildman–Crippen LogP) is 5.42. The number of benzene rings is 1. The number of hydrogen-bond donors (Lipinski definition) is 0. The first-order valence-electron chi connectivity index (χ1n) is 7.78. The Balaban J connectivity index is 1.72. The third kappa shape index (κ3) is 5.44. The van der Waals surface area contributed by atoms with E-state index in [0.717, 1.165) is 24.3 Å². The number of allylic oxidation sites excluding steroid dienone is 1. The number of halogens is 2. The Morgan fingerprint density at radius 3 is 2.71 bits per heavy atom. The highest BCUT2D eigenvalue weighted by Gasteiger charge is 2.19. The first-order chi connectivity index (χ1) is 10.2. The van der Waals surface area contributed by atoms with Gasteiger partial charge in [0.25, 0.3) is 0 Å². The minimum Gasteiger partial charge on any atom is -0.381 e. The molecule has 1 fully saturated rings. The molecule has 2 rings (SSSR count). The predicted molar refractivity (Wildman–Crippen MR) is 86.2 cm³/mol. The number of rotatable bonds is 6. The molecule has 116 valence electrons. The monoisotopic (exact) mass is 310 g/mol. The smallest absolute Gasteiger partial charge is 0.142 e. The lowest BCUT2D eigenvalue weighted by Crippen LogP contribution is -2.14. The Labute approximate surface area is 132 Å². The van der Waals surface area contributed by atoms with Crippen LogP contribution in [0, 0.1) is 17.7 Å². The van der Waals surface area contributed by atoms with Gasteiger partial charge in [-0.05, 0) is 68.1 Å². The van der Waals surface area contributed by atoms with Crippen molar-refractivity contribution in [3.63, 3.8) is 0 Å². The number of hydrogen-bond acceptors (Lipinski definition) is 1. The summed E-state index contributed by atoms with van der Waals surface area (Å²) in [7, 11) is 1.72. The molecule has 21 heavy (non-hydrogen) atoms. The van der Waals surface area contributed by atoms with Crippen molar-refractivity contribution in [3.05, 3.63) is 46.8 Å². The fourth-order valence-electron chi connectivity index (χ4n) is 3.08. The molecule has 0 aliphatic heterocycles. The van der Waals surface area contributed by atoms with Crippen molar-refractivity contribution in [1.29, 1.82) is 0 Å². The Morgan fingerprint density at radius 2 is 2.05 bits per heavy atom. The van der Waals surface area contributed by atoms with Crippen molar-refractivity contribution in [1.82, 2.24) is 0 Å². The Bertz CT molecular complexity index is 464. The van der Waals surface area contributed by atoms with Gasteiger partial charge in [0.15, 0.2) is 0 Å². The van der Waals surface area contributed by atoms with E-state index in [1.54, 1.807) is 19.2 Å². The molecule has 1 saturated carbocycles. The van der Waals surface area contributed by atoms with Crippen LogP contribution in [0.15, 0.2) is 30.4 Å². The second-order valence-electron chi connectivity index (χ2n) is 5.95. The molecule has 1 aliphatic carbocycles. The average Bonchev–Trinajstić information content (AvgIpc) is 2.50. The van der Waals surface area contributed by atoms with Crippen molar-refractivity contribution < 1.29 is 9.13 Å². The van der Waals surface area contributed by atoms with E-state index in [-0.39, 0.29) is 10.8 Å². The number of methoxy groups -OCH3 is 1. The molecule has 1 nitrogen and oxygen atoms in total. The van der Waals surface area contributed by atoms with E-state index in [2.05, 4.69) is 12.2 Å². The van der Waals surface area contributed by atoms with Crippen molar-refractivity contribution >= 4 is 11.6 Å². The van der Waals surface area contributed by atoms with E-state index in [1.807, 2.05) is 6.07 Å². The maximum atomic E-state index is 13.4. The van der Waals surface area contributed by atoms with E-state index >= 15 is 0 Å². The highest BCUT2D eigenvalue weighted by molar-refractivity contribution is 6.30. The van der Waals surface area contributed by atoms with Crippen LogP contribution in [0.25, 0.3) is 0 Å². The van der Waals surface area contributed by atoms with Crippen LogP contribution >= 0.6 is 11.6 Å². The van der Waals surface area contributed by atoms with Crippen LogP contribution in [-0.2, 0) is 11.2 Å². The fraction of sp³-hybridized carbons (Fsp3) is 0.556. The Morgan fingerprint density at radius 1 is 1.29 bits per heavy atom. The standard InChI is InChI=1S/C18H24ClFO/c1-21-12-2-3-14-4-6-15(7-5-14)8-9-16-10-11-17(19)18(20)13-16/h2-3,10-11,13-15H,4-9,12H2,1H3/b3-2+/t14-,15-. The first kappa shape index (κ1) is 16.5. The molecule has 0 N–H and O–H groups in total. The molecule has 0 heterocycles. The van der Waals surface area contributed by atoms with Crippen molar-refractivity contribution in [2.24, 2.45) is 11.8 Å². The van der Waals surface area contributed by atoms with Crippen LogP contribution in [0.1, 0.15) is 37.7 Å². The van der Waals surface area contributed by atoms with Crippen LogP contribution < -0.4 is 0 Å². The van der Waals surface area contributed by atoms with Gasteiger partial charge in [-0.15, -0.1) is 0 Å². The summed E-state index contributed by atoms with van der Waals surface area (Å²) in [6.07, 6.45) is 11.6. The van der Waals surface area contributed by atoms with Gasteiger partial charge in [0.05, 0.1) is 11.6 Å². The van der Waals surface area contributed by atoms with Crippen LogP contribution in [0.4, 0.5) is 4.39 Å². The third-order valence-electron chi connectivity index (χ3n) is 4.39. The number of ether oxygens (including phenoxy) is 1. The van der Waals surface area contributed by atoms with E-state index in [0.29, 0.717) is 12.5 Å². The van der Waals surface area contributed by atoms with Gasteiger partial charge in [-0.25, -0.2) is 4.39 Å². The van der Waals surface area contributed by atoms with Gasteiger partial charge < -0.3 is 4.74 Å². The van der Waals surface area contributed by atoms with E-state index in [9.17, 15) is 4.39 Å². The summed E-state index contributed by atoms with van der Waals surface area (Å²) in [5, 5.41) is 0.210. The molecule has 0 aromatic heterocycles. The zero-order valence-corrected chi connectivity index (χ0v) is 13.4. The second kappa shape index (κ2) is 8.55. The third-order valence-corrected chi connectivity index (χ3v) is 4.69. The summed E-state index contributed by atoms with van der Waals surface area (Å²) in [5.74, 6) is 1.18. The molecule has 0 unspecified atom stereocenters. The lowest BCUT2D eigenvalue weighted by molar-refractivity contribution is 0.232. The van der Waals surface area contributed by atoms with Crippen molar-refractivity contribution in [2.75, 3.05) is 13.7 Å². The molecule has 0 amide bonds. The zero-order valence-electron chi connectivity index (χ0n) is 12.7. The molecule has 0 spiro atoms. The number of aryl methyl sites for hydroxylation is 1. The molecule has 0 radical (unpaired) electrons. The van der Waals surface area contributed by atoms with Crippen LogP contribution in [-0.4, -0.2) is 13.7 Å². The van der Waals surface area contributed by atoms with Gasteiger partial charge in [0.2, 0.25) is 0 Å². The quantitative estimate of drug-likeness (QED) is 0.637. The second-order valence-corrected chi connectivity index (χ2v) is 6.36. The van der Waals surface area contributed by atoms with Gasteiger partial charge in [0, 0.05) is 7.11 Å². The highest BCUT2D eigenvalue weighted by atomic mass is 35.5. The van der Waals surface area contributed by atoms with Gasteiger partial charge in [-0.3, -0.25) is 0 Å². The molecule has 0 bridgehead atoms. The first-order valence-corrected chi connectivity index (χ1v) is 8.16. The maximum Gasteiger partial charge on any atom is 0.142 e. The molecular weight excluding hydrogens is 287 g/mol. The molecule has 0 atom stereocenters. The molecule has 1 aliphatic rings. The molecule has 1 aromatic rings. The van der Waals surface area contributed by atoms with Gasteiger partial charge >= 0.3 is 0 Å². The molecule has 1 aromatic carbocycles. The molecule has 3 heteroatoms. The summed E-state index contributed by atoms with van der Waals surface area (Å²) in [6.45, 7) is 0.710. The van der Waals surface area contributed by atoms with E-state index in [1.165, 1.54) is 25.7 Å². The Kier molecular flexibility index (Phi) is 6.72. The Hall–Kier alpha value is -0.860. The minimum absolute atomic E-state index is 0.210. The maximum absolute atomic E-state index is 13.4. The largest absolute Gasteiger partial charge is 0.381 e. The van der Waals surface area contributed by atoms with Gasteiger partial charge in [-0.2, -0.15) is 0 Å². The molecular formula is C18H24ClFO. The summed E-state index contributed by atoms with van der Waals surface area (Å²) < 4.78 is 18.4. The average molecular weight is 311 g/mol. The minimum atomic E-state index is -0.304. The molecule has 0 saturated heterocycles. The summed E-state index contributed by atoms with van der Waals surface area (Å²) >= 11 is 5.71. The summed E-state index contributed by atoms with van der Waals surface area (Å²) in [5.41, 5.74) is 1.05. The van der Waals surface area contributed by atoms with Gasteiger partial charge in [-0.1, -0.05) is 29.8 Å². The van der Waals surface area contributed by atoms with Crippen molar-refractivity contribution in [3.8, 4) is 0 Å². The van der Waals surface area contributed by atoms with E-state index < -0.39 is 0 Å². The van der Waals surface area contributed by atoms with E-state index in [4.69, 9.17) is 16.3 Å². The lowest BCUT2D eigenvalue weighted by atomic mass is 9.79. The lowest BCUT2D eigenvalue weighted by Gasteiger charge is -2.26. The topological polar surface area (TPSA) is 9.23 Å². The summed E-state index contributed by atoms with van der Waals surface area (Å²) in [6, 6.07) is 5.16. The van der Waals surface area contributed by atoms with Crippen LogP contribution in [0.3, 0.4) is 0 Å². The van der Waals surface area contributed by atoms with Gasteiger partial charge in [0.1, 0.15) is 5.82 Å². The normalized spacial score (nSPS) is 22.8. The summed E-state index contributed by atoms with van der Waals surface area (Å²) in [4.78, 5) is 0. The zero-order chi connectivity index (χ0) is 15.1. The van der Waals surface area contributed by atoms with Crippen LogP contribution in [0.5, 0.6) is 0 Å². The van der Waals surface area contributed by atoms with Crippen molar-refractivity contribution in [2.45, 2.75) is 38.5 Å². The SMILES string of the molecule is COC/C=C/[C@H]1CC[C@H](CCc2ccc(Cl)c(F)c2)CC1. The fourth-order valence-corrected chi connectivity index (χ4v) is 3.20. The highest BCUT2D eigenvalue weighted by Crippen LogP contribution is 2.32.